The van der Waals surface area contributed by atoms with Crippen LogP contribution in [0.25, 0.3) is 38.7 Å². The predicted molar refractivity (Wildman–Crippen MR) is 145 cm³/mol. The van der Waals surface area contributed by atoms with E-state index in [1.807, 2.05) is 6.92 Å². The number of benzene rings is 3. The second kappa shape index (κ2) is 8.92. The fraction of sp³-hybridized carbons (Fsp3) is 0.0357. The first kappa shape index (κ1) is 24.1. The number of rotatable bonds is 4. The number of hydrazine groups is 1. The summed E-state index contributed by atoms with van der Waals surface area (Å²) in [6.45, 7) is 1.81. The molecule has 6 aromatic rings. The Balaban J connectivity index is 1.70. The molecule has 0 atom stereocenters. The average molecular weight is 527 g/mol. The minimum Gasteiger partial charge on any atom is -0.464 e. The number of H-pyrrole nitrogens is 1. The van der Waals surface area contributed by atoms with Gasteiger partial charge in [0.15, 0.2) is 11.6 Å². The number of nitrogens with zero attached hydrogens (tertiary/aromatic N) is 3. The van der Waals surface area contributed by atoms with Crippen LogP contribution in [0.2, 0.25) is 0 Å². The maximum absolute atomic E-state index is 14.3. The summed E-state index contributed by atoms with van der Waals surface area (Å²) >= 11 is 0. The first-order chi connectivity index (χ1) is 18.7. The predicted octanol–water partition coefficient (Wildman–Crippen LogP) is 4.67. The van der Waals surface area contributed by atoms with Crippen LogP contribution in [0.5, 0.6) is 0 Å². The van der Waals surface area contributed by atoms with Crippen molar-refractivity contribution in [1.29, 1.82) is 0 Å². The number of aromatic nitrogens is 3. The number of hydrogen-bond acceptors (Lipinski definition) is 7. The highest BCUT2D eigenvalue weighted by Crippen LogP contribution is 2.35. The van der Waals surface area contributed by atoms with Gasteiger partial charge in [0.1, 0.15) is 11.3 Å². The third kappa shape index (κ3) is 3.83. The molecule has 0 aliphatic rings. The maximum atomic E-state index is 14.3. The third-order valence-electron chi connectivity index (χ3n) is 6.56. The second-order valence-corrected chi connectivity index (χ2v) is 9.00. The van der Waals surface area contributed by atoms with Crippen molar-refractivity contribution in [3.63, 3.8) is 0 Å². The smallest absolute Gasteiger partial charge is 0.333 e. The van der Waals surface area contributed by atoms with Gasteiger partial charge in [-0.2, -0.15) is 0 Å². The molecule has 0 saturated heterocycles. The lowest BCUT2D eigenvalue weighted by Crippen LogP contribution is -2.41. The molecule has 6 rings (SSSR count). The number of nitrogens with one attached hydrogen (secondary N) is 1. The third-order valence-corrected chi connectivity index (χ3v) is 6.56. The minimum atomic E-state index is -1.21. The molecule has 9 nitrogen and oxygen atoms in total. The van der Waals surface area contributed by atoms with E-state index in [0.29, 0.717) is 21.9 Å². The molecule has 3 aromatic heterocycles. The SMILES string of the molecule is Cc1cc(-c2[nH]c(=O)n(-c3cncc4ccccc34)c(=O)c2N(N)c2cc(F)c(F)cc2N)cc2ccoc12. The zero-order chi connectivity index (χ0) is 27.4. The number of halogens is 2. The van der Waals surface area contributed by atoms with Crippen molar-refractivity contribution in [3.8, 4) is 16.9 Å². The molecule has 0 fully saturated rings. The molecule has 0 aliphatic heterocycles. The second-order valence-electron chi connectivity index (χ2n) is 9.00. The molecule has 0 bridgehead atoms. The van der Waals surface area contributed by atoms with Crippen LogP contribution in [0.4, 0.5) is 25.8 Å². The van der Waals surface area contributed by atoms with E-state index >= 15 is 0 Å². The lowest BCUT2D eigenvalue weighted by molar-refractivity contribution is 0.509. The van der Waals surface area contributed by atoms with Crippen LogP contribution in [0.1, 0.15) is 5.56 Å². The summed E-state index contributed by atoms with van der Waals surface area (Å²) in [5, 5.41) is 2.85. The van der Waals surface area contributed by atoms with E-state index < -0.39 is 22.9 Å². The summed E-state index contributed by atoms with van der Waals surface area (Å²) in [5.74, 6) is 4.02. The number of aryl methyl sites for hydroxylation is 1. The molecule has 11 heteroatoms. The summed E-state index contributed by atoms with van der Waals surface area (Å²) in [6.07, 6.45) is 4.51. The van der Waals surface area contributed by atoms with Gasteiger partial charge in [0.25, 0.3) is 5.56 Å². The van der Waals surface area contributed by atoms with Gasteiger partial charge in [0, 0.05) is 40.1 Å². The first-order valence-corrected chi connectivity index (χ1v) is 11.7. The number of pyridine rings is 1. The molecule has 0 unspecified atom stereocenters. The van der Waals surface area contributed by atoms with Gasteiger partial charge in [0.05, 0.1) is 35.2 Å². The standard InChI is InChI=1S/C28H20F2N6O3/c1-14-8-17(9-15-6-7-39-26(14)15)24-25(36(32)22-11-20(30)19(29)10-21(22)31)27(37)35(28(38)34-24)23-13-33-12-16-4-2-3-5-18(16)23/h2-13H,31-32H2,1H3,(H,34,38). The van der Waals surface area contributed by atoms with Crippen molar-refractivity contribution < 1.29 is 13.2 Å². The van der Waals surface area contributed by atoms with Gasteiger partial charge < -0.3 is 15.1 Å². The molecular weight excluding hydrogens is 506 g/mol. The van der Waals surface area contributed by atoms with Crippen molar-refractivity contribution >= 4 is 38.8 Å². The normalized spacial score (nSPS) is 11.4. The summed E-state index contributed by atoms with van der Waals surface area (Å²) in [5.41, 5.74) is 5.82. The Labute approximate surface area is 218 Å². The number of aromatic amines is 1. The van der Waals surface area contributed by atoms with Crippen molar-refractivity contribution in [3.05, 3.63) is 111 Å². The summed E-state index contributed by atoms with van der Waals surface area (Å²) < 4.78 is 34.5. The molecule has 0 radical (unpaired) electrons. The lowest BCUT2D eigenvalue weighted by atomic mass is 10.0. The van der Waals surface area contributed by atoms with Crippen molar-refractivity contribution in [1.82, 2.24) is 14.5 Å². The molecular formula is C28H20F2N6O3. The zero-order valence-electron chi connectivity index (χ0n) is 20.4. The van der Waals surface area contributed by atoms with Gasteiger partial charge in [-0.3, -0.25) is 14.8 Å². The molecule has 0 spiro atoms. The number of anilines is 3. The van der Waals surface area contributed by atoms with E-state index in [4.69, 9.17) is 16.0 Å². The van der Waals surface area contributed by atoms with E-state index in [-0.39, 0.29) is 28.4 Å². The Morgan fingerprint density at radius 3 is 2.59 bits per heavy atom. The zero-order valence-corrected chi connectivity index (χ0v) is 20.4. The fourth-order valence-electron chi connectivity index (χ4n) is 4.74. The summed E-state index contributed by atoms with van der Waals surface area (Å²) in [7, 11) is 0. The Hall–Kier alpha value is -5.29. The Kier molecular flexibility index (Phi) is 5.51. The molecule has 0 aliphatic carbocycles. The summed E-state index contributed by atoms with van der Waals surface area (Å²) in [6, 6.07) is 13.8. The first-order valence-electron chi connectivity index (χ1n) is 11.7. The number of fused-ring (bicyclic) bond motifs is 2. The molecule has 0 amide bonds. The van der Waals surface area contributed by atoms with Crippen LogP contribution in [0.3, 0.4) is 0 Å². The van der Waals surface area contributed by atoms with Crippen molar-refractivity contribution in [2.24, 2.45) is 5.84 Å². The van der Waals surface area contributed by atoms with Crippen LogP contribution in [-0.4, -0.2) is 14.5 Å². The molecule has 5 N–H and O–H groups in total. The van der Waals surface area contributed by atoms with Gasteiger partial charge in [-0.25, -0.2) is 24.0 Å². The largest absolute Gasteiger partial charge is 0.464 e. The summed E-state index contributed by atoms with van der Waals surface area (Å²) in [4.78, 5) is 34.6. The van der Waals surface area contributed by atoms with Crippen LogP contribution in [0, 0.1) is 18.6 Å². The van der Waals surface area contributed by atoms with Crippen molar-refractivity contribution in [2.75, 3.05) is 10.7 Å². The minimum absolute atomic E-state index is 0.0484. The van der Waals surface area contributed by atoms with Gasteiger partial charge in [-0.05, 0) is 30.7 Å². The quantitative estimate of drug-likeness (QED) is 0.173. The molecule has 39 heavy (non-hydrogen) atoms. The van der Waals surface area contributed by atoms with E-state index in [9.17, 15) is 18.4 Å². The van der Waals surface area contributed by atoms with Gasteiger partial charge in [-0.15, -0.1) is 0 Å². The average Bonchev–Trinajstić information content (AvgIpc) is 3.40. The van der Waals surface area contributed by atoms with Crippen molar-refractivity contribution in [2.45, 2.75) is 6.92 Å². The molecule has 194 valence electrons. The van der Waals surface area contributed by atoms with Crippen LogP contribution >= 0.6 is 0 Å². The Bertz CT molecular complexity index is 2040. The fourth-order valence-corrected chi connectivity index (χ4v) is 4.74. The lowest BCUT2D eigenvalue weighted by Gasteiger charge is -2.24. The number of furan rings is 1. The van der Waals surface area contributed by atoms with Gasteiger partial charge in [0.2, 0.25) is 0 Å². The number of nitrogen functional groups attached to an aromatic ring is 1. The molecule has 0 saturated carbocycles. The van der Waals surface area contributed by atoms with E-state index in [1.165, 1.54) is 12.5 Å². The van der Waals surface area contributed by atoms with Gasteiger partial charge >= 0.3 is 5.69 Å². The highest BCUT2D eigenvalue weighted by molar-refractivity contribution is 5.91. The van der Waals surface area contributed by atoms with Crippen LogP contribution in [-0.2, 0) is 0 Å². The highest BCUT2D eigenvalue weighted by Gasteiger charge is 2.25. The van der Waals surface area contributed by atoms with Gasteiger partial charge in [-0.1, -0.05) is 24.3 Å². The monoisotopic (exact) mass is 526 g/mol. The molecule has 3 aromatic carbocycles. The van der Waals surface area contributed by atoms with E-state index in [0.717, 1.165) is 32.7 Å². The highest BCUT2D eigenvalue weighted by atomic mass is 19.2. The molecule has 3 heterocycles. The maximum Gasteiger partial charge on any atom is 0.333 e. The Morgan fingerprint density at radius 1 is 1.00 bits per heavy atom. The number of nitrogens with two attached hydrogens (primary N) is 2. The van der Waals surface area contributed by atoms with E-state index in [1.54, 1.807) is 48.7 Å². The topological polar surface area (TPSA) is 136 Å². The van der Waals surface area contributed by atoms with E-state index in [2.05, 4.69) is 9.97 Å². The van der Waals surface area contributed by atoms with Crippen LogP contribution < -0.4 is 27.8 Å². The number of hydrogen-bond donors (Lipinski definition) is 3. The Morgan fingerprint density at radius 2 is 1.77 bits per heavy atom. The van der Waals surface area contributed by atoms with Crippen LogP contribution in [0.15, 0.2) is 87.3 Å².